The first-order valence-electron chi connectivity index (χ1n) is 4.28. The number of amides is 1. The van der Waals surface area contributed by atoms with Crippen molar-refractivity contribution in [2.45, 2.75) is 6.92 Å². The second-order valence-corrected chi connectivity index (χ2v) is 4.19. The van der Waals surface area contributed by atoms with E-state index in [1.54, 1.807) is 6.07 Å². The molecule has 0 atom stereocenters. The summed E-state index contributed by atoms with van der Waals surface area (Å²) in [5, 5.41) is 2.74. The number of hydrogen-bond acceptors (Lipinski definition) is 1. The van der Waals surface area contributed by atoms with Crippen molar-refractivity contribution in [3.05, 3.63) is 46.5 Å². The van der Waals surface area contributed by atoms with E-state index in [-0.39, 0.29) is 5.91 Å². The van der Waals surface area contributed by atoms with E-state index in [0.717, 1.165) is 10.0 Å². The Labute approximate surface area is 92.1 Å². The van der Waals surface area contributed by atoms with Gasteiger partial charge in [0, 0.05) is 16.6 Å². The number of carbonyl (C=O) groups is 1. The van der Waals surface area contributed by atoms with Gasteiger partial charge in [0.1, 0.15) is 0 Å². The number of halogens is 1. The largest absolute Gasteiger partial charge is 0.347 e. The monoisotopic (exact) mass is 253 g/mol. The predicted molar refractivity (Wildman–Crippen MR) is 61.6 cm³/mol. The molecule has 0 saturated heterocycles. The molecule has 3 heteroatoms. The molecular formula is C11H12BrNO. The van der Waals surface area contributed by atoms with Crippen molar-refractivity contribution < 1.29 is 4.79 Å². The molecule has 0 aliphatic carbocycles. The van der Waals surface area contributed by atoms with Crippen molar-refractivity contribution in [1.29, 1.82) is 0 Å². The Hall–Kier alpha value is -1.09. The molecule has 0 saturated carbocycles. The highest BCUT2D eigenvalue weighted by Gasteiger charge is 2.03. The Balaban J connectivity index is 2.65. The third-order valence-corrected chi connectivity index (χ3v) is 2.00. The highest BCUT2D eigenvalue weighted by Crippen LogP contribution is 2.04. The van der Waals surface area contributed by atoms with E-state index < -0.39 is 0 Å². The Kier molecular flexibility index (Phi) is 3.89. The van der Waals surface area contributed by atoms with Gasteiger partial charge in [0.05, 0.1) is 0 Å². The third-order valence-electron chi connectivity index (χ3n) is 1.72. The molecule has 0 unspecified atom stereocenters. The van der Waals surface area contributed by atoms with Crippen molar-refractivity contribution in [1.82, 2.24) is 5.32 Å². The Morgan fingerprint density at radius 2 is 2.29 bits per heavy atom. The molecule has 0 spiro atoms. The fourth-order valence-corrected chi connectivity index (χ4v) is 1.20. The number of benzene rings is 1. The highest BCUT2D eigenvalue weighted by molar-refractivity contribution is 9.11. The summed E-state index contributed by atoms with van der Waals surface area (Å²) in [6.45, 7) is 6.05. The van der Waals surface area contributed by atoms with Crippen molar-refractivity contribution >= 4 is 21.8 Å². The zero-order chi connectivity index (χ0) is 10.6. The van der Waals surface area contributed by atoms with E-state index in [2.05, 4.69) is 27.8 Å². The zero-order valence-corrected chi connectivity index (χ0v) is 9.60. The minimum absolute atomic E-state index is 0.0747. The normalized spacial score (nSPS) is 9.57. The lowest BCUT2D eigenvalue weighted by Gasteiger charge is -2.04. The quantitative estimate of drug-likeness (QED) is 0.882. The van der Waals surface area contributed by atoms with Crippen molar-refractivity contribution in [2.24, 2.45) is 0 Å². The lowest BCUT2D eigenvalue weighted by atomic mass is 10.1. The fraction of sp³-hybridized carbons (Fsp3) is 0.182. The van der Waals surface area contributed by atoms with E-state index >= 15 is 0 Å². The molecule has 1 rings (SSSR count). The molecule has 0 aliphatic heterocycles. The minimum atomic E-state index is -0.0747. The van der Waals surface area contributed by atoms with Gasteiger partial charge in [0.2, 0.25) is 0 Å². The van der Waals surface area contributed by atoms with Gasteiger partial charge in [-0.3, -0.25) is 4.79 Å². The van der Waals surface area contributed by atoms with Crippen molar-refractivity contribution in [3.8, 4) is 0 Å². The van der Waals surface area contributed by atoms with Crippen molar-refractivity contribution in [3.63, 3.8) is 0 Å². The molecule has 0 aromatic heterocycles. The number of rotatable bonds is 3. The molecule has 0 heterocycles. The van der Waals surface area contributed by atoms with Gasteiger partial charge in [-0.1, -0.05) is 40.2 Å². The maximum atomic E-state index is 11.5. The van der Waals surface area contributed by atoms with Crippen LogP contribution in [0.15, 0.2) is 35.3 Å². The summed E-state index contributed by atoms with van der Waals surface area (Å²) >= 11 is 3.18. The zero-order valence-electron chi connectivity index (χ0n) is 8.01. The third kappa shape index (κ3) is 3.34. The molecule has 0 bridgehead atoms. The average molecular weight is 254 g/mol. The van der Waals surface area contributed by atoms with E-state index in [1.165, 1.54) is 0 Å². The lowest BCUT2D eigenvalue weighted by molar-refractivity contribution is 0.0957. The summed E-state index contributed by atoms with van der Waals surface area (Å²) in [5.74, 6) is -0.0747. The van der Waals surface area contributed by atoms with Crippen LogP contribution in [0.5, 0.6) is 0 Å². The van der Waals surface area contributed by atoms with E-state index in [9.17, 15) is 4.79 Å². The molecule has 0 aliphatic rings. The second kappa shape index (κ2) is 4.96. The van der Waals surface area contributed by atoms with Gasteiger partial charge in [0.25, 0.3) is 5.91 Å². The van der Waals surface area contributed by atoms with Crippen LogP contribution in [0.1, 0.15) is 15.9 Å². The standard InChI is InChI=1S/C11H12BrNO/c1-8-4-3-5-10(6-8)11(14)13-7-9(2)12/h3-6H,2,7H2,1H3,(H,13,14). The average Bonchev–Trinajstić information content (AvgIpc) is 2.14. The molecular weight excluding hydrogens is 242 g/mol. The smallest absolute Gasteiger partial charge is 0.251 e. The molecule has 1 amide bonds. The first-order chi connectivity index (χ1) is 6.59. The number of carbonyl (C=O) groups excluding carboxylic acids is 1. The fourth-order valence-electron chi connectivity index (χ4n) is 1.06. The van der Waals surface area contributed by atoms with Crippen LogP contribution < -0.4 is 5.32 Å². The van der Waals surface area contributed by atoms with Gasteiger partial charge in [0.15, 0.2) is 0 Å². The summed E-state index contributed by atoms with van der Waals surface area (Å²) in [7, 11) is 0. The summed E-state index contributed by atoms with van der Waals surface area (Å²) < 4.78 is 0.763. The summed E-state index contributed by atoms with van der Waals surface area (Å²) in [4.78, 5) is 11.5. The number of nitrogens with one attached hydrogen (secondary N) is 1. The maximum Gasteiger partial charge on any atom is 0.251 e. The SMILES string of the molecule is C=C(Br)CNC(=O)c1cccc(C)c1. The number of hydrogen-bond donors (Lipinski definition) is 1. The van der Waals surface area contributed by atoms with Crippen LogP contribution in [0.4, 0.5) is 0 Å². The van der Waals surface area contributed by atoms with Crippen LogP contribution in [0.3, 0.4) is 0 Å². The van der Waals surface area contributed by atoms with Crippen LogP contribution in [0, 0.1) is 6.92 Å². The van der Waals surface area contributed by atoms with Crippen LogP contribution in [0.2, 0.25) is 0 Å². The molecule has 1 aromatic carbocycles. The van der Waals surface area contributed by atoms with Gasteiger partial charge >= 0.3 is 0 Å². The van der Waals surface area contributed by atoms with Gasteiger partial charge in [-0.15, -0.1) is 0 Å². The molecule has 0 radical (unpaired) electrons. The lowest BCUT2D eigenvalue weighted by Crippen LogP contribution is -2.24. The Morgan fingerprint density at radius 3 is 2.86 bits per heavy atom. The topological polar surface area (TPSA) is 29.1 Å². The summed E-state index contributed by atoms with van der Waals surface area (Å²) in [6.07, 6.45) is 0. The van der Waals surface area contributed by atoms with E-state index in [0.29, 0.717) is 12.1 Å². The number of aryl methyl sites for hydroxylation is 1. The Bertz CT molecular complexity index is 360. The van der Waals surface area contributed by atoms with Crippen LogP contribution >= 0.6 is 15.9 Å². The maximum absolute atomic E-state index is 11.5. The van der Waals surface area contributed by atoms with Crippen LogP contribution in [-0.2, 0) is 0 Å². The van der Waals surface area contributed by atoms with Crippen LogP contribution in [0.25, 0.3) is 0 Å². The molecule has 1 N–H and O–H groups in total. The van der Waals surface area contributed by atoms with Crippen molar-refractivity contribution in [2.75, 3.05) is 6.54 Å². The molecule has 14 heavy (non-hydrogen) atoms. The summed E-state index contributed by atoms with van der Waals surface area (Å²) in [6, 6.07) is 7.47. The van der Waals surface area contributed by atoms with Gasteiger partial charge in [-0.2, -0.15) is 0 Å². The highest BCUT2D eigenvalue weighted by atomic mass is 79.9. The summed E-state index contributed by atoms with van der Waals surface area (Å²) in [5.41, 5.74) is 1.76. The molecule has 74 valence electrons. The predicted octanol–water partition coefficient (Wildman–Crippen LogP) is 2.63. The first-order valence-corrected chi connectivity index (χ1v) is 5.07. The van der Waals surface area contributed by atoms with E-state index in [4.69, 9.17) is 0 Å². The first kappa shape index (κ1) is 11.0. The molecule has 0 fully saturated rings. The van der Waals surface area contributed by atoms with Gasteiger partial charge in [-0.25, -0.2) is 0 Å². The van der Waals surface area contributed by atoms with Crippen LogP contribution in [-0.4, -0.2) is 12.5 Å². The minimum Gasteiger partial charge on any atom is -0.347 e. The van der Waals surface area contributed by atoms with Gasteiger partial charge < -0.3 is 5.32 Å². The van der Waals surface area contributed by atoms with E-state index in [1.807, 2.05) is 25.1 Å². The molecule has 2 nitrogen and oxygen atoms in total. The Morgan fingerprint density at radius 1 is 1.57 bits per heavy atom. The molecule has 1 aromatic rings. The van der Waals surface area contributed by atoms with Gasteiger partial charge in [-0.05, 0) is 19.1 Å². The second-order valence-electron chi connectivity index (χ2n) is 3.07.